The molecule has 0 radical (unpaired) electrons. The van der Waals surface area contributed by atoms with Crippen LogP contribution in [0.5, 0.6) is 5.75 Å². The molecule has 0 unspecified atom stereocenters. The Morgan fingerprint density at radius 1 is 1.33 bits per heavy atom. The number of para-hydroxylation sites is 1. The summed E-state index contributed by atoms with van der Waals surface area (Å²) in [6, 6.07) is 8.85. The van der Waals surface area contributed by atoms with Gasteiger partial charge in [0.15, 0.2) is 0 Å². The largest absolute Gasteiger partial charge is 0.481 e. The normalized spacial score (nSPS) is 15.3. The molecule has 21 heavy (non-hydrogen) atoms. The van der Waals surface area contributed by atoms with Gasteiger partial charge in [-0.15, -0.1) is 6.42 Å². The number of benzene rings is 1. The van der Waals surface area contributed by atoms with Crippen molar-refractivity contribution in [2.24, 2.45) is 0 Å². The predicted octanol–water partition coefficient (Wildman–Crippen LogP) is 2.66. The number of nitrogens with zero attached hydrogens (tertiary/aromatic N) is 1. The van der Waals surface area contributed by atoms with Gasteiger partial charge in [-0.05, 0) is 26.0 Å². The molecule has 0 aromatic heterocycles. The van der Waals surface area contributed by atoms with Crippen LogP contribution in [0.25, 0.3) is 0 Å². The third-order valence-electron chi connectivity index (χ3n) is 4.19. The zero-order chi connectivity index (χ0) is 14.9. The number of hydrogen-bond acceptors (Lipinski definition) is 3. The van der Waals surface area contributed by atoms with Crippen LogP contribution in [0.3, 0.4) is 0 Å². The van der Waals surface area contributed by atoms with Crippen LogP contribution in [0.4, 0.5) is 0 Å². The molecule has 0 bridgehead atoms. The predicted molar refractivity (Wildman–Crippen MR) is 87.4 cm³/mol. The van der Waals surface area contributed by atoms with E-state index in [9.17, 15) is 0 Å². The zero-order valence-corrected chi connectivity index (χ0v) is 13.0. The van der Waals surface area contributed by atoms with Crippen LogP contribution >= 0.6 is 0 Å². The monoisotopic (exact) mass is 286 g/mol. The average Bonchev–Trinajstić information content (AvgIpc) is 3.04. The van der Waals surface area contributed by atoms with E-state index in [1.807, 2.05) is 18.2 Å². The first kappa shape index (κ1) is 15.9. The minimum atomic E-state index is 0.321. The molecule has 1 aromatic carbocycles. The fraction of sp³-hybridized carbons (Fsp3) is 0.556. The van der Waals surface area contributed by atoms with E-state index in [1.165, 1.54) is 25.7 Å². The van der Waals surface area contributed by atoms with Crippen molar-refractivity contribution >= 4 is 0 Å². The van der Waals surface area contributed by atoms with Crippen molar-refractivity contribution < 1.29 is 4.74 Å². The first-order valence-electron chi connectivity index (χ1n) is 7.86. The molecule has 1 aliphatic rings. The lowest BCUT2D eigenvalue weighted by Gasteiger charge is -2.24. The van der Waals surface area contributed by atoms with Crippen molar-refractivity contribution in [3.8, 4) is 18.1 Å². The molecule has 1 fully saturated rings. The molecule has 0 amide bonds. The Labute approximate surface area is 128 Å². The fourth-order valence-corrected chi connectivity index (χ4v) is 2.92. The number of rotatable bonds is 8. The molecule has 3 heteroatoms. The lowest BCUT2D eigenvalue weighted by atomic mass is 10.2. The Morgan fingerprint density at radius 2 is 2.10 bits per heavy atom. The molecule has 1 aromatic rings. The van der Waals surface area contributed by atoms with Crippen molar-refractivity contribution in [3.63, 3.8) is 0 Å². The van der Waals surface area contributed by atoms with E-state index in [1.54, 1.807) is 0 Å². The Balaban J connectivity index is 1.71. The number of ether oxygens (including phenoxy) is 1. The second-order valence-electron chi connectivity index (χ2n) is 5.70. The Morgan fingerprint density at radius 3 is 2.86 bits per heavy atom. The minimum absolute atomic E-state index is 0.321. The van der Waals surface area contributed by atoms with Gasteiger partial charge >= 0.3 is 0 Å². The maximum Gasteiger partial charge on any atom is 0.148 e. The Bertz CT molecular complexity index is 461. The summed E-state index contributed by atoms with van der Waals surface area (Å²) in [6.45, 7) is 3.23. The molecule has 1 aliphatic carbocycles. The minimum Gasteiger partial charge on any atom is -0.481 e. The third kappa shape index (κ3) is 5.08. The summed E-state index contributed by atoms with van der Waals surface area (Å²) < 4.78 is 5.56. The van der Waals surface area contributed by atoms with Crippen molar-refractivity contribution in [2.75, 3.05) is 26.7 Å². The lowest BCUT2D eigenvalue weighted by molar-refractivity contribution is 0.245. The number of hydrogen-bond donors (Lipinski definition) is 1. The molecule has 0 spiro atoms. The van der Waals surface area contributed by atoms with Gasteiger partial charge in [0.25, 0.3) is 0 Å². The molecule has 2 rings (SSSR count). The van der Waals surface area contributed by atoms with Crippen molar-refractivity contribution in [1.29, 1.82) is 0 Å². The summed E-state index contributed by atoms with van der Waals surface area (Å²) in [5, 5.41) is 3.50. The van der Waals surface area contributed by atoms with Crippen molar-refractivity contribution in [3.05, 3.63) is 29.8 Å². The van der Waals surface area contributed by atoms with Crippen LogP contribution in [-0.4, -0.2) is 37.7 Å². The highest BCUT2D eigenvalue weighted by atomic mass is 16.5. The van der Waals surface area contributed by atoms with Gasteiger partial charge in [-0.3, -0.25) is 0 Å². The zero-order valence-electron chi connectivity index (χ0n) is 13.0. The topological polar surface area (TPSA) is 24.5 Å². The third-order valence-corrected chi connectivity index (χ3v) is 4.19. The van der Waals surface area contributed by atoms with Crippen LogP contribution in [0.2, 0.25) is 0 Å². The van der Waals surface area contributed by atoms with E-state index in [-0.39, 0.29) is 0 Å². The molecular formula is C18H26N2O. The molecule has 1 N–H and O–H groups in total. The fourth-order valence-electron chi connectivity index (χ4n) is 2.92. The SMILES string of the molecule is C#CCOc1ccccc1CNCCN(C)C1CCCC1. The number of nitrogens with one attached hydrogen (secondary N) is 1. The smallest absolute Gasteiger partial charge is 0.148 e. The first-order valence-corrected chi connectivity index (χ1v) is 7.86. The van der Waals surface area contributed by atoms with Gasteiger partial charge in [0.05, 0.1) is 0 Å². The van der Waals surface area contributed by atoms with E-state index in [0.29, 0.717) is 6.61 Å². The second-order valence-corrected chi connectivity index (χ2v) is 5.70. The standard InChI is InChI=1S/C18H26N2O/c1-3-14-21-18-11-7-4-8-16(18)15-19-12-13-20(2)17-9-5-6-10-17/h1,4,7-8,11,17,19H,5-6,9-10,12-15H2,2H3. The summed E-state index contributed by atoms with van der Waals surface area (Å²) in [7, 11) is 2.24. The maximum atomic E-state index is 5.56. The van der Waals surface area contributed by atoms with E-state index in [0.717, 1.165) is 37.0 Å². The molecular weight excluding hydrogens is 260 g/mol. The second kappa shape index (κ2) is 8.71. The van der Waals surface area contributed by atoms with Crippen LogP contribution in [-0.2, 0) is 6.54 Å². The van der Waals surface area contributed by atoms with Crippen LogP contribution < -0.4 is 10.1 Å². The van der Waals surface area contributed by atoms with E-state index in [4.69, 9.17) is 11.2 Å². The summed E-state index contributed by atoms with van der Waals surface area (Å²) in [5.74, 6) is 3.39. The lowest BCUT2D eigenvalue weighted by Crippen LogP contribution is -2.35. The summed E-state index contributed by atoms with van der Waals surface area (Å²) >= 11 is 0. The highest BCUT2D eigenvalue weighted by molar-refractivity contribution is 5.33. The molecule has 0 heterocycles. The number of likely N-dealkylation sites (N-methyl/N-ethyl adjacent to an activating group) is 1. The van der Waals surface area contributed by atoms with Gasteiger partial charge < -0.3 is 15.0 Å². The van der Waals surface area contributed by atoms with Crippen LogP contribution in [0.1, 0.15) is 31.2 Å². The molecule has 0 saturated heterocycles. The first-order chi connectivity index (χ1) is 10.3. The van der Waals surface area contributed by atoms with Crippen LogP contribution in [0, 0.1) is 12.3 Å². The van der Waals surface area contributed by atoms with E-state index >= 15 is 0 Å². The quantitative estimate of drug-likeness (QED) is 0.587. The van der Waals surface area contributed by atoms with E-state index < -0.39 is 0 Å². The van der Waals surface area contributed by atoms with Crippen LogP contribution in [0.15, 0.2) is 24.3 Å². The highest BCUT2D eigenvalue weighted by Gasteiger charge is 2.18. The Kier molecular flexibility index (Phi) is 6.59. The molecule has 3 nitrogen and oxygen atoms in total. The van der Waals surface area contributed by atoms with Gasteiger partial charge in [-0.25, -0.2) is 0 Å². The van der Waals surface area contributed by atoms with E-state index in [2.05, 4.69) is 29.3 Å². The summed E-state index contributed by atoms with van der Waals surface area (Å²) in [4.78, 5) is 2.49. The van der Waals surface area contributed by atoms with Gasteiger partial charge in [0.1, 0.15) is 12.4 Å². The maximum absolute atomic E-state index is 5.56. The number of terminal acetylenes is 1. The molecule has 0 atom stereocenters. The van der Waals surface area contributed by atoms with Crippen molar-refractivity contribution in [1.82, 2.24) is 10.2 Å². The van der Waals surface area contributed by atoms with Gasteiger partial charge in [0.2, 0.25) is 0 Å². The molecule has 0 aliphatic heterocycles. The summed E-state index contributed by atoms with van der Waals surface area (Å²) in [5.41, 5.74) is 1.16. The van der Waals surface area contributed by atoms with Crippen molar-refractivity contribution in [2.45, 2.75) is 38.3 Å². The van der Waals surface area contributed by atoms with Gasteiger partial charge in [0, 0.05) is 31.2 Å². The van der Waals surface area contributed by atoms with Gasteiger partial charge in [-0.1, -0.05) is 37.0 Å². The Hall–Kier alpha value is -1.50. The average molecular weight is 286 g/mol. The molecule has 114 valence electrons. The van der Waals surface area contributed by atoms with Gasteiger partial charge in [-0.2, -0.15) is 0 Å². The summed E-state index contributed by atoms with van der Waals surface area (Å²) in [6.07, 6.45) is 10.7. The highest BCUT2D eigenvalue weighted by Crippen LogP contribution is 2.22. The molecule has 1 saturated carbocycles.